The van der Waals surface area contributed by atoms with Crippen LogP contribution in [0.4, 0.5) is 8.78 Å². The molecule has 10 heteroatoms. The number of imidazole rings is 1. The lowest BCUT2D eigenvalue weighted by Crippen LogP contribution is -2.11. The average Bonchev–Trinajstić information content (AvgIpc) is 2.97. The number of rotatable bonds is 5. The number of halogens is 3. The number of benzene rings is 2. The van der Waals surface area contributed by atoms with Crippen molar-refractivity contribution in [3.8, 4) is 0 Å². The number of carbonyl (C=O) groups excluding carboxylic acids is 1. The summed E-state index contributed by atoms with van der Waals surface area (Å²) in [6.07, 6.45) is 0.982. The van der Waals surface area contributed by atoms with Crippen molar-refractivity contribution in [3.63, 3.8) is 0 Å². The lowest BCUT2D eigenvalue weighted by molar-refractivity contribution is 0.0387. The molecule has 2 aromatic carbocycles. The van der Waals surface area contributed by atoms with Crippen LogP contribution < -0.4 is 0 Å². The quantitative estimate of drug-likeness (QED) is 0.592. The van der Waals surface area contributed by atoms with E-state index >= 15 is 0 Å². The molecule has 3 aromatic rings. The third-order valence-electron chi connectivity index (χ3n) is 3.78. The first-order chi connectivity index (χ1) is 12.7. The SMILES string of the molecule is CS(=O)(=O)c1ccc(Cl)c(C(=O)OCc2nc3ccccc3n2C(F)F)c1. The Hall–Kier alpha value is -2.52. The molecule has 3 rings (SSSR count). The molecule has 0 N–H and O–H groups in total. The minimum atomic E-state index is -3.56. The van der Waals surface area contributed by atoms with Crippen molar-refractivity contribution in [2.45, 2.75) is 18.1 Å². The molecule has 0 aliphatic heterocycles. The second-order valence-corrected chi connectivity index (χ2v) is 8.08. The van der Waals surface area contributed by atoms with Gasteiger partial charge in [0, 0.05) is 6.26 Å². The fourth-order valence-electron chi connectivity index (χ4n) is 2.51. The predicted molar refractivity (Wildman–Crippen MR) is 94.7 cm³/mol. The number of hydrogen-bond acceptors (Lipinski definition) is 5. The Morgan fingerprint density at radius 3 is 2.63 bits per heavy atom. The Morgan fingerprint density at radius 2 is 1.96 bits per heavy atom. The number of sulfone groups is 1. The van der Waals surface area contributed by atoms with E-state index in [1.807, 2.05) is 0 Å². The van der Waals surface area contributed by atoms with E-state index in [9.17, 15) is 22.0 Å². The number of fused-ring (bicyclic) bond motifs is 1. The summed E-state index contributed by atoms with van der Waals surface area (Å²) in [5, 5.41) is -0.0187. The van der Waals surface area contributed by atoms with Crippen LogP contribution >= 0.6 is 11.6 Å². The van der Waals surface area contributed by atoms with Gasteiger partial charge in [-0.25, -0.2) is 18.2 Å². The third kappa shape index (κ3) is 3.93. The van der Waals surface area contributed by atoms with Crippen LogP contribution in [-0.4, -0.2) is 30.2 Å². The van der Waals surface area contributed by atoms with E-state index in [0.717, 1.165) is 12.3 Å². The Balaban J connectivity index is 1.89. The highest BCUT2D eigenvalue weighted by Gasteiger charge is 2.21. The zero-order valence-electron chi connectivity index (χ0n) is 13.9. The molecule has 0 saturated heterocycles. The van der Waals surface area contributed by atoms with Gasteiger partial charge in [-0.1, -0.05) is 23.7 Å². The maximum Gasteiger partial charge on any atom is 0.340 e. The fourth-order valence-corrected chi connectivity index (χ4v) is 3.36. The normalized spacial score (nSPS) is 11.9. The van der Waals surface area contributed by atoms with Gasteiger partial charge in [0.25, 0.3) is 0 Å². The molecular formula is C17H13ClF2N2O4S. The van der Waals surface area contributed by atoms with Crippen LogP contribution in [0.1, 0.15) is 22.7 Å². The summed E-state index contributed by atoms with van der Waals surface area (Å²) < 4.78 is 55.7. The van der Waals surface area contributed by atoms with Gasteiger partial charge >= 0.3 is 12.5 Å². The number of ether oxygens (including phenoxy) is 1. The number of carbonyl (C=O) groups is 1. The first-order valence-electron chi connectivity index (χ1n) is 7.59. The van der Waals surface area contributed by atoms with E-state index in [-0.39, 0.29) is 26.8 Å². The molecule has 142 valence electrons. The molecule has 0 bridgehead atoms. The monoisotopic (exact) mass is 414 g/mol. The molecule has 0 radical (unpaired) electrons. The molecule has 1 aromatic heterocycles. The van der Waals surface area contributed by atoms with Gasteiger partial charge in [0.15, 0.2) is 15.7 Å². The van der Waals surface area contributed by atoms with Crippen molar-refractivity contribution in [1.82, 2.24) is 9.55 Å². The van der Waals surface area contributed by atoms with E-state index in [1.54, 1.807) is 18.2 Å². The standard InChI is InChI=1S/C17H13ClF2N2O4S/c1-27(24,25)10-6-7-12(18)11(8-10)16(23)26-9-15-21-13-4-2-3-5-14(13)22(15)17(19)20/h2-8,17H,9H2,1H3. The summed E-state index contributed by atoms with van der Waals surface area (Å²) in [5.41, 5.74) is 0.357. The first kappa shape index (κ1) is 19.2. The lowest BCUT2D eigenvalue weighted by atomic mass is 10.2. The number of alkyl halides is 2. The largest absolute Gasteiger partial charge is 0.454 e. The second-order valence-electron chi connectivity index (χ2n) is 5.65. The van der Waals surface area contributed by atoms with Crippen LogP contribution in [0.25, 0.3) is 11.0 Å². The molecule has 1 heterocycles. The van der Waals surface area contributed by atoms with Crippen LogP contribution in [-0.2, 0) is 21.2 Å². The van der Waals surface area contributed by atoms with Gasteiger partial charge in [-0.3, -0.25) is 4.57 Å². The van der Waals surface area contributed by atoms with Gasteiger partial charge in [0.05, 0.1) is 26.5 Å². The molecule has 0 saturated carbocycles. The number of aromatic nitrogens is 2. The molecule has 0 aliphatic carbocycles. The Bertz CT molecular complexity index is 1130. The highest BCUT2D eigenvalue weighted by Crippen LogP contribution is 2.25. The number of esters is 1. The number of hydrogen-bond donors (Lipinski definition) is 0. The van der Waals surface area contributed by atoms with E-state index in [0.29, 0.717) is 10.1 Å². The van der Waals surface area contributed by atoms with Crippen LogP contribution in [0.15, 0.2) is 47.4 Å². The van der Waals surface area contributed by atoms with E-state index in [4.69, 9.17) is 16.3 Å². The zero-order chi connectivity index (χ0) is 19.8. The Labute approximate surface area is 158 Å². The smallest absolute Gasteiger partial charge is 0.340 e. The summed E-state index contributed by atoms with van der Waals surface area (Å²) in [6, 6.07) is 9.87. The fraction of sp³-hybridized carbons (Fsp3) is 0.176. The van der Waals surface area contributed by atoms with Crippen molar-refractivity contribution in [2.75, 3.05) is 6.26 Å². The van der Waals surface area contributed by atoms with E-state index < -0.39 is 29.0 Å². The summed E-state index contributed by atoms with van der Waals surface area (Å²) in [4.78, 5) is 16.2. The maximum absolute atomic E-state index is 13.4. The Morgan fingerprint density at radius 1 is 1.26 bits per heavy atom. The Kier molecular flexibility index (Phi) is 5.16. The van der Waals surface area contributed by atoms with Crippen molar-refractivity contribution < 1.29 is 26.7 Å². The van der Waals surface area contributed by atoms with E-state index in [1.165, 1.54) is 18.2 Å². The average molecular weight is 415 g/mol. The molecule has 0 atom stereocenters. The first-order valence-corrected chi connectivity index (χ1v) is 9.86. The van der Waals surface area contributed by atoms with Crippen molar-refractivity contribution in [3.05, 3.63) is 58.9 Å². The molecular weight excluding hydrogens is 402 g/mol. The van der Waals surface area contributed by atoms with Crippen LogP contribution in [0.3, 0.4) is 0 Å². The minimum absolute atomic E-state index is 0.0187. The van der Waals surface area contributed by atoms with Gasteiger partial charge in [0.2, 0.25) is 0 Å². The molecule has 0 aliphatic rings. The van der Waals surface area contributed by atoms with Crippen LogP contribution in [0.5, 0.6) is 0 Å². The highest BCUT2D eigenvalue weighted by atomic mass is 35.5. The van der Waals surface area contributed by atoms with Crippen molar-refractivity contribution in [2.24, 2.45) is 0 Å². The number of nitrogens with zero attached hydrogens (tertiary/aromatic N) is 2. The van der Waals surface area contributed by atoms with Gasteiger partial charge in [-0.15, -0.1) is 0 Å². The van der Waals surface area contributed by atoms with Crippen molar-refractivity contribution in [1.29, 1.82) is 0 Å². The molecule has 0 spiro atoms. The summed E-state index contributed by atoms with van der Waals surface area (Å²) in [7, 11) is -3.56. The number of para-hydroxylation sites is 2. The predicted octanol–water partition coefficient (Wildman–Crippen LogP) is 3.85. The topological polar surface area (TPSA) is 78.3 Å². The lowest BCUT2D eigenvalue weighted by Gasteiger charge is -2.10. The van der Waals surface area contributed by atoms with Gasteiger partial charge in [-0.2, -0.15) is 8.78 Å². The summed E-state index contributed by atoms with van der Waals surface area (Å²) >= 11 is 5.93. The van der Waals surface area contributed by atoms with Gasteiger partial charge < -0.3 is 4.74 Å². The van der Waals surface area contributed by atoms with Crippen LogP contribution in [0, 0.1) is 0 Å². The van der Waals surface area contributed by atoms with Gasteiger partial charge in [0.1, 0.15) is 6.61 Å². The van der Waals surface area contributed by atoms with Gasteiger partial charge in [-0.05, 0) is 30.3 Å². The molecule has 0 amide bonds. The zero-order valence-corrected chi connectivity index (χ0v) is 15.5. The summed E-state index contributed by atoms with van der Waals surface area (Å²) in [6.45, 7) is -3.40. The molecule has 0 unspecified atom stereocenters. The highest BCUT2D eigenvalue weighted by molar-refractivity contribution is 7.90. The van der Waals surface area contributed by atoms with E-state index in [2.05, 4.69) is 4.98 Å². The maximum atomic E-state index is 13.4. The summed E-state index contributed by atoms with van der Waals surface area (Å²) in [5.74, 6) is -1.09. The third-order valence-corrected chi connectivity index (χ3v) is 5.22. The molecule has 0 fully saturated rings. The van der Waals surface area contributed by atoms with Crippen molar-refractivity contribution >= 4 is 38.4 Å². The molecule has 6 nitrogen and oxygen atoms in total. The molecule has 27 heavy (non-hydrogen) atoms. The van der Waals surface area contributed by atoms with Crippen LogP contribution in [0.2, 0.25) is 5.02 Å². The minimum Gasteiger partial charge on any atom is -0.454 e. The second kappa shape index (κ2) is 7.24.